The molecule has 1 N–H and O–H groups in total. The SMILES string of the molecule is Cc1ccc([S@@](=O)C[C@@H](O)[C@@H]2C[C@H]2CCc2ccccc2)cc1. The average molecular weight is 328 g/mol. The van der Waals surface area contributed by atoms with E-state index in [1.54, 1.807) is 0 Å². The van der Waals surface area contributed by atoms with E-state index >= 15 is 0 Å². The standard InChI is InChI=1S/C20H24O2S/c1-15-7-11-18(12-8-15)23(22)14-20(21)19-13-17(19)10-9-16-5-3-2-4-6-16/h2-8,11-12,17,19-21H,9-10,13-14H2,1H3/t17-,19-,20-,23+/m1/s1. The van der Waals surface area contributed by atoms with E-state index in [-0.39, 0.29) is 0 Å². The van der Waals surface area contributed by atoms with Gasteiger partial charge in [0.25, 0.3) is 0 Å². The predicted molar refractivity (Wildman–Crippen MR) is 94.8 cm³/mol. The maximum Gasteiger partial charge on any atom is 0.0689 e. The Labute approximate surface area is 141 Å². The predicted octanol–water partition coefficient (Wildman–Crippen LogP) is 3.73. The first kappa shape index (κ1) is 16.4. The zero-order chi connectivity index (χ0) is 16.2. The molecule has 2 nitrogen and oxygen atoms in total. The van der Waals surface area contributed by atoms with Crippen LogP contribution in [0.2, 0.25) is 0 Å². The van der Waals surface area contributed by atoms with Crippen molar-refractivity contribution >= 4 is 10.8 Å². The van der Waals surface area contributed by atoms with Crippen molar-refractivity contribution in [3.05, 3.63) is 65.7 Å². The molecule has 1 aliphatic rings. The summed E-state index contributed by atoms with van der Waals surface area (Å²) >= 11 is 0. The van der Waals surface area contributed by atoms with E-state index in [1.165, 1.54) is 5.56 Å². The fraction of sp³-hybridized carbons (Fsp3) is 0.400. The third kappa shape index (κ3) is 4.52. The summed E-state index contributed by atoms with van der Waals surface area (Å²) in [6, 6.07) is 18.2. The number of rotatable bonds is 7. The van der Waals surface area contributed by atoms with E-state index in [0.29, 0.717) is 17.6 Å². The first-order valence-electron chi connectivity index (χ1n) is 8.30. The van der Waals surface area contributed by atoms with Crippen molar-refractivity contribution in [3.8, 4) is 0 Å². The van der Waals surface area contributed by atoms with Gasteiger partial charge in [-0.1, -0.05) is 48.0 Å². The molecule has 0 unspecified atom stereocenters. The van der Waals surface area contributed by atoms with Gasteiger partial charge in [0.15, 0.2) is 0 Å². The molecule has 23 heavy (non-hydrogen) atoms. The molecule has 4 atom stereocenters. The van der Waals surface area contributed by atoms with E-state index in [1.807, 2.05) is 37.3 Å². The lowest BCUT2D eigenvalue weighted by molar-refractivity contribution is 0.167. The van der Waals surface area contributed by atoms with E-state index in [4.69, 9.17) is 0 Å². The zero-order valence-corrected chi connectivity index (χ0v) is 14.3. The van der Waals surface area contributed by atoms with Gasteiger partial charge in [0.2, 0.25) is 0 Å². The van der Waals surface area contributed by atoms with E-state index in [9.17, 15) is 9.32 Å². The van der Waals surface area contributed by atoms with Gasteiger partial charge in [-0.15, -0.1) is 0 Å². The summed E-state index contributed by atoms with van der Waals surface area (Å²) in [5.74, 6) is 1.27. The van der Waals surface area contributed by atoms with E-state index < -0.39 is 16.9 Å². The Morgan fingerprint density at radius 2 is 1.83 bits per heavy atom. The molecule has 3 rings (SSSR count). The van der Waals surface area contributed by atoms with Crippen molar-refractivity contribution < 1.29 is 9.32 Å². The summed E-state index contributed by atoms with van der Waals surface area (Å²) in [6.45, 7) is 2.02. The Morgan fingerprint density at radius 3 is 2.52 bits per heavy atom. The Balaban J connectivity index is 1.45. The second-order valence-corrected chi connectivity index (χ2v) is 8.07. The highest BCUT2D eigenvalue weighted by atomic mass is 32.2. The highest BCUT2D eigenvalue weighted by Crippen LogP contribution is 2.44. The van der Waals surface area contributed by atoms with E-state index in [0.717, 1.165) is 29.7 Å². The number of hydrogen-bond donors (Lipinski definition) is 1. The third-order valence-electron chi connectivity index (χ3n) is 4.72. The topological polar surface area (TPSA) is 37.3 Å². The first-order valence-corrected chi connectivity index (χ1v) is 9.62. The minimum absolute atomic E-state index is 0.327. The van der Waals surface area contributed by atoms with Crippen molar-refractivity contribution in [3.63, 3.8) is 0 Å². The fourth-order valence-corrected chi connectivity index (χ4v) is 4.33. The zero-order valence-electron chi connectivity index (χ0n) is 13.5. The third-order valence-corrected chi connectivity index (χ3v) is 6.17. The molecular weight excluding hydrogens is 304 g/mol. The second-order valence-electron chi connectivity index (χ2n) is 6.58. The lowest BCUT2D eigenvalue weighted by Gasteiger charge is -2.10. The first-order chi connectivity index (χ1) is 11.1. The summed E-state index contributed by atoms with van der Waals surface area (Å²) < 4.78 is 12.3. The van der Waals surface area contributed by atoms with Crippen LogP contribution in [0.15, 0.2) is 59.5 Å². The summed E-state index contributed by atoms with van der Waals surface area (Å²) in [4.78, 5) is 0.816. The van der Waals surface area contributed by atoms with Crippen LogP contribution in [-0.4, -0.2) is 21.2 Å². The van der Waals surface area contributed by atoms with Crippen molar-refractivity contribution in [2.45, 2.75) is 37.2 Å². The molecule has 0 spiro atoms. The van der Waals surface area contributed by atoms with E-state index in [2.05, 4.69) is 24.3 Å². The molecule has 0 radical (unpaired) electrons. The molecule has 1 fully saturated rings. The molecule has 0 aliphatic heterocycles. The smallest absolute Gasteiger partial charge is 0.0689 e. The maximum absolute atomic E-state index is 12.3. The Hall–Kier alpha value is -1.45. The molecule has 0 heterocycles. The van der Waals surface area contributed by atoms with Crippen LogP contribution in [0.3, 0.4) is 0 Å². The lowest BCUT2D eigenvalue weighted by Crippen LogP contribution is -2.20. The van der Waals surface area contributed by atoms with Gasteiger partial charge < -0.3 is 5.11 Å². The second kappa shape index (κ2) is 7.41. The van der Waals surface area contributed by atoms with Crippen molar-refractivity contribution in [2.24, 2.45) is 11.8 Å². The molecule has 2 aromatic carbocycles. The van der Waals surface area contributed by atoms with Crippen LogP contribution in [0, 0.1) is 18.8 Å². The Morgan fingerprint density at radius 1 is 1.13 bits per heavy atom. The number of benzene rings is 2. The largest absolute Gasteiger partial charge is 0.392 e. The molecule has 0 amide bonds. The number of aliphatic hydroxyl groups excluding tert-OH is 1. The maximum atomic E-state index is 12.3. The number of hydrogen-bond acceptors (Lipinski definition) is 2. The van der Waals surface area contributed by atoms with Gasteiger partial charge in [-0.25, -0.2) is 0 Å². The Bertz CT molecular complexity index is 651. The van der Waals surface area contributed by atoms with Crippen LogP contribution in [-0.2, 0) is 17.2 Å². The van der Waals surface area contributed by atoms with Crippen LogP contribution >= 0.6 is 0 Å². The quantitative estimate of drug-likeness (QED) is 0.841. The molecule has 3 heteroatoms. The minimum Gasteiger partial charge on any atom is -0.392 e. The van der Waals surface area contributed by atoms with Crippen LogP contribution in [0.25, 0.3) is 0 Å². The van der Waals surface area contributed by atoms with Crippen LogP contribution in [0.1, 0.15) is 24.0 Å². The summed E-state index contributed by atoms with van der Waals surface area (Å²) in [7, 11) is -1.11. The van der Waals surface area contributed by atoms with Gasteiger partial charge in [0.05, 0.1) is 22.7 Å². The highest BCUT2D eigenvalue weighted by molar-refractivity contribution is 7.85. The lowest BCUT2D eigenvalue weighted by atomic mass is 10.1. The average Bonchev–Trinajstić information content (AvgIpc) is 3.34. The summed E-state index contributed by atoms with van der Waals surface area (Å²) in [5, 5.41) is 10.3. The minimum atomic E-state index is -1.11. The molecule has 0 saturated heterocycles. The molecule has 0 aromatic heterocycles. The molecule has 0 bridgehead atoms. The van der Waals surface area contributed by atoms with Crippen molar-refractivity contribution in [1.82, 2.24) is 0 Å². The molecule has 1 aliphatic carbocycles. The molecule has 122 valence electrons. The van der Waals surface area contributed by atoms with Gasteiger partial charge in [-0.2, -0.15) is 0 Å². The van der Waals surface area contributed by atoms with Gasteiger partial charge in [-0.3, -0.25) is 4.21 Å². The summed E-state index contributed by atoms with van der Waals surface area (Å²) in [5.41, 5.74) is 2.52. The van der Waals surface area contributed by atoms with Crippen LogP contribution < -0.4 is 0 Å². The summed E-state index contributed by atoms with van der Waals surface area (Å²) in [6.07, 6.45) is 2.80. The molecule has 1 saturated carbocycles. The fourth-order valence-electron chi connectivity index (χ4n) is 3.14. The number of aryl methyl sites for hydroxylation is 2. The van der Waals surface area contributed by atoms with Gasteiger partial charge in [0.1, 0.15) is 0 Å². The molecular formula is C20H24O2S. The Kier molecular flexibility index (Phi) is 5.29. The van der Waals surface area contributed by atoms with Crippen LogP contribution in [0.4, 0.5) is 0 Å². The molecule has 2 aromatic rings. The monoisotopic (exact) mass is 328 g/mol. The van der Waals surface area contributed by atoms with Crippen molar-refractivity contribution in [1.29, 1.82) is 0 Å². The van der Waals surface area contributed by atoms with Gasteiger partial charge >= 0.3 is 0 Å². The highest BCUT2D eigenvalue weighted by Gasteiger charge is 2.42. The van der Waals surface area contributed by atoms with Crippen LogP contribution in [0.5, 0.6) is 0 Å². The van der Waals surface area contributed by atoms with Crippen molar-refractivity contribution in [2.75, 3.05) is 5.75 Å². The van der Waals surface area contributed by atoms with Gasteiger partial charge in [0, 0.05) is 4.90 Å². The van der Waals surface area contributed by atoms with Gasteiger partial charge in [-0.05, 0) is 55.7 Å². The number of aliphatic hydroxyl groups is 1. The normalized spacial score (nSPS) is 22.5.